The Labute approximate surface area is 220 Å². The molecular weight excluding hydrogens is 495 g/mol. The molecule has 9 atom stereocenters. The summed E-state index contributed by atoms with van der Waals surface area (Å²) in [6.07, 6.45) is 1.11. The van der Waals surface area contributed by atoms with Crippen LogP contribution in [0.4, 0.5) is 13.2 Å². The van der Waals surface area contributed by atoms with E-state index in [0.717, 1.165) is 5.56 Å². The van der Waals surface area contributed by atoms with Gasteiger partial charge in [0.15, 0.2) is 17.2 Å². The molecule has 2 N–H and O–H groups in total. The highest BCUT2D eigenvalue weighted by atomic mass is 19.1. The summed E-state index contributed by atoms with van der Waals surface area (Å²) in [7, 11) is 0. The van der Waals surface area contributed by atoms with Gasteiger partial charge in [0.25, 0.3) is 0 Å². The number of aliphatic hydroxyl groups excluding tert-OH is 2. The minimum absolute atomic E-state index is 0.0116. The van der Waals surface area contributed by atoms with Gasteiger partial charge in [0.1, 0.15) is 18.6 Å². The number of ketones is 2. The molecule has 0 aromatic heterocycles. The van der Waals surface area contributed by atoms with Crippen LogP contribution >= 0.6 is 0 Å². The van der Waals surface area contributed by atoms with Gasteiger partial charge in [-0.2, -0.15) is 0 Å². The molecule has 1 saturated heterocycles. The number of allylic oxidation sites excluding steroid dienone is 4. The van der Waals surface area contributed by atoms with Crippen molar-refractivity contribution in [2.75, 3.05) is 19.7 Å². The number of hydrogen-bond donors (Lipinski definition) is 2. The number of halogens is 3. The second kappa shape index (κ2) is 8.35. The second-order valence-corrected chi connectivity index (χ2v) is 12.6. The van der Waals surface area contributed by atoms with Crippen molar-refractivity contribution in [3.05, 3.63) is 59.4 Å². The van der Waals surface area contributed by atoms with Crippen LogP contribution in [-0.2, 0) is 16.1 Å². The van der Waals surface area contributed by atoms with E-state index in [1.54, 1.807) is 13.0 Å². The molecule has 0 bridgehead atoms. The van der Waals surface area contributed by atoms with Crippen LogP contribution in [0.3, 0.4) is 0 Å². The molecular formula is C30H34F3NO4. The normalized spacial score (nSPS) is 45.7. The summed E-state index contributed by atoms with van der Waals surface area (Å²) < 4.78 is 46.9. The van der Waals surface area contributed by atoms with Crippen LogP contribution in [0, 0.1) is 39.8 Å². The van der Waals surface area contributed by atoms with Crippen molar-refractivity contribution in [1.82, 2.24) is 4.90 Å². The van der Waals surface area contributed by atoms with Gasteiger partial charge in [-0.25, -0.2) is 13.2 Å². The molecule has 0 spiro atoms. The number of hydrogen-bond acceptors (Lipinski definition) is 5. The van der Waals surface area contributed by atoms with Crippen LogP contribution in [0.25, 0.3) is 0 Å². The van der Waals surface area contributed by atoms with E-state index in [2.05, 4.69) is 4.90 Å². The number of nitrogens with zero attached hydrogens (tertiary/aromatic N) is 1. The molecule has 3 saturated carbocycles. The number of aliphatic hydroxyl groups is 2. The zero-order valence-corrected chi connectivity index (χ0v) is 21.7. The molecule has 1 aromatic carbocycles. The van der Waals surface area contributed by atoms with Gasteiger partial charge in [-0.15, -0.1) is 0 Å². The summed E-state index contributed by atoms with van der Waals surface area (Å²) >= 11 is 0. The molecule has 0 radical (unpaired) electrons. The Morgan fingerprint density at radius 3 is 2.68 bits per heavy atom. The summed E-state index contributed by atoms with van der Waals surface area (Å²) in [5.41, 5.74) is -4.75. The first-order valence-corrected chi connectivity index (χ1v) is 13.5. The maximum atomic E-state index is 17.4. The van der Waals surface area contributed by atoms with E-state index in [1.807, 2.05) is 13.0 Å². The average Bonchev–Trinajstić information content (AvgIpc) is 3.34. The van der Waals surface area contributed by atoms with Crippen LogP contribution < -0.4 is 0 Å². The number of rotatable bonds is 4. The van der Waals surface area contributed by atoms with Crippen LogP contribution in [0.1, 0.15) is 38.7 Å². The van der Waals surface area contributed by atoms with Gasteiger partial charge in [0.05, 0.1) is 11.5 Å². The van der Waals surface area contributed by atoms with Gasteiger partial charge < -0.3 is 10.2 Å². The van der Waals surface area contributed by atoms with E-state index < -0.39 is 58.4 Å². The predicted octanol–water partition coefficient (Wildman–Crippen LogP) is 3.73. The van der Waals surface area contributed by atoms with Crippen LogP contribution in [-0.4, -0.2) is 64.3 Å². The van der Waals surface area contributed by atoms with Gasteiger partial charge >= 0.3 is 0 Å². The molecule has 8 heteroatoms. The zero-order valence-electron chi connectivity index (χ0n) is 21.7. The van der Waals surface area contributed by atoms with Crippen molar-refractivity contribution in [2.45, 2.75) is 57.6 Å². The van der Waals surface area contributed by atoms with Crippen LogP contribution in [0.5, 0.6) is 0 Å². The van der Waals surface area contributed by atoms with Crippen molar-refractivity contribution in [2.24, 2.45) is 34.0 Å². The Morgan fingerprint density at radius 1 is 1.21 bits per heavy atom. The van der Waals surface area contributed by atoms with Crippen molar-refractivity contribution in [1.29, 1.82) is 0 Å². The van der Waals surface area contributed by atoms with Crippen molar-refractivity contribution in [3.63, 3.8) is 0 Å². The third-order valence-electron chi connectivity index (χ3n) is 11.2. The quantitative estimate of drug-likeness (QED) is 0.622. The minimum Gasteiger partial charge on any atom is -0.390 e. The first kappa shape index (κ1) is 26.0. The van der Waals surface area contributed by atoms with Gasteiger partial charge in [-0.3, -0.25) is 14.5 Å². The monoisotopic (exact) mass is 529 g/mol. The third-order valence-corrected chi connectivity index (χ3v) is 11.2. The lowest BCUT2D eigenvalue weighted by molar-refractivity contribution is -0.212. The van der Waals surface area contributed by atoms with Crippen LogP contribution in [0.15, 0.2) is 48.1 Å². The Bertz CT molecular complexity index is 1270. The number of likely N-dealkylation sites (tertiary alicyclic amines) is 1. The van der Waals surface area contributed by atoms with E-state index >= 15 is 8.78 Å². The molecule has 5 nitrogen and oxygen atoms in total. The highest BCUT2D eigenvalue weighted by Gasteiger charge is 2.78. The van der Waals surface area contributed by atoms with E-state index in [1.165, 1.54) is 30.4 Å². The van der Waals surface area contributed by atoms with Crippen LogP contribution in [0.2, 0.25) is 0 Å². The summed E-state index contributed by atoms with van der Waals surface area (Å²) in [5.74, 6) is -2.55. The standard InChI is InChI=1S/C30H34F3NO4/c1-27-7-6-20(36)10-23(27)24(32)11-22-21-9-18-14-34(13-17-4-3-5-19(31)8-17)16-29(18,26(38)15-35)28(21,2)12-25(37)30(22,27)33/h3-8,10,18,21-22,24-25,35,37H,9,11-16H2,1-2H3/t18-,21?,22-,24-,25-,27-,28-,29+,30-/m0/s1. The molecule has 38 heavy (non-hydrogen) atoms. The molecule has 1 unspecified atom stereocenters. The Hall–Kier alpha value is -2.29. The topological polar surface area (TPSA) is 77.8 Å². The Balaban J connectivity index is 1.40. The first-order valence-electron chi connectivity index (χ1n) is 13.5. The zero-order chi connectivity index (χ0) is 27.3. The number of carbonyl (C=O) groups excluding carboxylic acids is 2. The average molecular weight is 530 g/mol. The number of carbonyl (C=O) groups is 2. The fraction of sp³-hybridized carbons (Fsp3) is 0.600. The molecule has 4 aliphatic carbocycles. The van der Waals surface area contributed by atoms with Crippen molar-refractivity contribution in [3.8, 4) is 0 Å². The Kier molecular flexibility index (Phi) is 5.71. The summed E-state index contributed by atoms with van der Waals surface area (Å²) in [6.45, 7) is 4.03. The van der Waals surface area contributed by atoms with Crippen molar-refractivity contribution >= 4 is 11.6 Å². The summed E-state index contributed by atoms with van der Waals surface area (Å²) in [5, 5.41) is 21.7. The summed E-state index contributed by atoms with van der Waals surface area (Å²) in [6, 6.07) is 6.29. The van der Waals surface area contributed by atoms with Gasteiger partial charge in [0, 0.05) is 31.0 Å². The van der Waals surface area contributed by atoms with E-state index in [9.17, 15) is 24.2 Å². The maximum absolute atomic E-state index is 17.4. The first-order chi connectivity index (χ1) is 17.9. The molecule has 1 aliphatic heterocycles. The van der Waals surface area contributed by atoms with Crippen molar-refractivity contribution < 1.29 is 33.0 Å². The lowest BCUT2D eigenvalue weighted by Gasteiger charge is -2.63. The SMILES string of the molecule is C[C@]12C=CC(=O)C=C1[C@@H](F)C[C@H]1C3C[C@H]4CN(Cc5cccc(F)c5)C[C@@]4(C(=O)CO)[C@@]3(C)C[C@H](O)[C@@]12F. The molecule has 0 amide bonds. The number of fused-ring (bicyclic) bond motifs is 7. The molecule has 6 rings (SSSR count). The maximum Gasteiger partial charge on any atom is 0.178 e. The fourth-order valence-corrected chi connectivity index (χ4v) is 9.53. The highest BCUT2D eigenvalue weighted by molar-refractivity contribution is 6.01. The lowest BCUT2D eigenvalue weighted by Crippen LogP contribution is -2.69. The second-order valence-electron chi connectivity index (χ2n) is 12.6. The fourth-order valence-electron chi connectivity index (χ4n) is 9.53. The largest absolute Gasteiger partial charge is 0.390 e. The Morgan fingerprint density at radius 2 is 1.97 bits per heavy atom. The van der Waals surface area contributed by atoms with E-state index in [0.29, 0.717) is 26.1 Å². The molecule has 1 aromatic rings. The smallest absolute Gasteiger partial charge is 0.178 e. The highest BCUT2D eigenvalue weighted by Crippen LogP contribution is 2.74. The van der Waals surface area contributed by atoms with Gasteiger partial charge in [-0.05, 0) is 78.9 Å². The molecule has 5 aliphatic rings. The summed E-state index contributed by atoms with van der Waals surface area (Å²) in [4.78, 5) is 27.7. The number of alkyl halides is 2. The molecule has 4 fully saturated rings. The minimum atomic E-state index is -2.20. The lowest BCUT2D eigenvalue weighted by atomic mass is 9.43. The van der Waals surface area contributed by atoms with E-state index in [4.69, 9.17) is 0 Å². The van der Waals surface area contributed by atoms with Gasteiger partial charge in [0.2, 0.25) is 0 Å². The predicted molar refractivity (Wildman–Crippen MR) is 134 cm³/mol. The molecule has 204 valence electrons. The van der Waals surface area contributed by atoms with E-state index in [-0.39, 0.29) is 35.9 Å². The molecule has 1 heterocycles. The third kappa shape index (κ3) is 3.11. The van der Waals surface area contributed by atoms with Gasteiger partial charge in [-0.1, -0.05) is 25.1 Å². The number of benzene rings is 1. The number of Topliss-reactive ketones (excluding diaryl/α,β-unsaturated/α-hetero) is 1.